The van der Waals surface area contributed by atoms with Crippen molar-refractivity contribution in [3.63, 3.8) is 0 Å². The molecule has 1 saturated heterocycles. The Bertz CT molecular complexity index is 1220. The van der Waals surface area contributed by atoms with Gasteiger partial charge in [-0.1, -0.05) is 24.3 Å². The molecule has 0 saturated carbocycles. The Morgan fingerprint density at radius 1 is 1.21 bits per heavy atom. The van der Waals surface area contributed by atoms with Gasteiger partial charge < -0.3 is 4.90 Å². The van der Waals surface area contributed by atoms with Crippen molar-refractivity contribution < 1.29 is 13.2 Å². The van der Waals surface area contributed by atoms with Crippen molar-refractivity contribution in [2.75, 3.05) is 13.1 Å². The first-order valence-electron chi connectivity index (χ1n) is 9.34. The Morgan fingerprint density at radius 3 is 2.86 bits per heavy atom. The van der Waals surface area contributed by atoms with E-state index >= 15 is 0 Å². The first-order valence-corrected chi connectivity index (χ1v) is 11.6. The van der Waals surface area contributed by atoms with Crippen molar-refractivity contribution in [1.82, 2.24) is 14.6 Å². The summed E-state index contributed by atoms with van der Waals surface area (Å²) in [6, 6.07) is 14.5. The molecule has 0 spiro atoms. The van der Waals surface area contributed by atoms with E-state index in [9.17, 15) is 13.2 Å². The van der Waals surface area contributed by atoms with E-state index in [4.69, 9.17) is 4.98 Å². The summed E-state index contributed by atoms with van der Waals surface area (Å²) in [5, 5.41) is 0.941. The number of para-hydroxylation sites is 1. The zero-order valence-corrected chi connectivity index (χ0v) is 17.0. The van der Waals surface area contributed by atoms with Crippen LogP contribution in [0.5, 0.6) is 0 Å². The number of nitrogens with one attached hydrogen (secondary N) is 1. The number of amides is 1. The summed E-state index contributed by atoms with van der Waals surface area (Å²) in [5.74, 6) is 0.104. The Labute approximate surface area is 172 Å². The van der Waals surface area contributed by atoms with Gasteiger partial charge in [0.2, 0.25) is 5.91 Å². The number of nitrogens with zero attached hydrogens (tertiary/aromatic N) is 3. The first kappa shape index (κ1) is 18.3. The van der Waals surface area contributed by atoms with E-state index in [2.05, 4.69) is 9.71 Å². The number of thiazole rings is 1. The molecule has 29 heavy (non-hydrogen) atoms. The van der Waals surface area contributed by atoms with Crippen molar-refractivity contribution in [3.8, 4) is 0 Å². The van der Waals surface area contributed by atoms with Gasteiger partial charge in [-0.3, -0.25) is 14.5 Å². The maximum Gasteiger partial charge on any atom is 0.263 e. The van der Waals surface area contributed by atoms with E-state index in [-0.39, 0.29) is 29.2 Å². The lowest BCUT2D eigenvalue weighted by molar-refractivity contribution is -0.130. The van der Waals surface area contributed by atoms with Crippen LogP contribution in [0.25, 0.3) is 10.2 Å². The van der Waals surface area contributed by atoms with Gasteiger partial charge in [-0.25, -0.2) is 13.4 Å². The lowest BCUT2D eigenvalue weighted by Gasteiger charge is -2.22. The first-order chi connectivity index (χ1) is 14.0. The van der Waals surface area contributed by atoms with Gasteiger partial charge in [-0.15, -0.1) is 11.3 Å². The van der Waals surface area contributed by atoms with Crippen LogP contribution in [0.15, 0.2) is 58.4 Å². The number of sulfonamides is 1. The van der Waals surface area contributed by atoms with Gasteiger partial charge in [0.05, 0.1) is 21.2 Å². The molecule has 2 aliphatic heterocycles. The molecule has 1 fully saturated rings. The van der Waals surface area contributed by atoms with E-state index in [0.29, 0.717) is 12.1 Å². The van der Waals surface area contributed by atoms with Crippen LogP contribution in [0.2, 0.25) is 0 Å². The quantitative estimate of drug-likeness (QED) is 0.697. The molecular weight excluding hydrogens is 408 g/mol. The molecule has 3 heterocycles. The van der Waals surface area contributed by atoms with Crippen molar-refractivity contribution in [1.29, 1.82) is 0 Å². The Hall–Kier alpha value is -2.78. The zero-order chi connectivity index (χ0) is 20.0. The predicted molar refractivity (Wildman–Crippen MR) is 111 cm³/mol. The number of fused-ring (bicyclic) bond motifs is 2. The molecule has 148 valence electrons. The predicted octanol–water partition coefficient (Wildman–Crippen LogP) is 2.70. The minimum Gasteiger partial charge on any atom is -0.332 e. The van der Waals surface area contributed by atoms with Gasteiger partial charge in [-0.2, -0.15) is 0 Å². The van der Waals surface area contributed by atoms with Crippen LogP contribution in [0, 0.1) is 0 Å². The number of rotatable bonds is 3. The van der Waals surface area contributed by atoms with Gasteiger partial charge >= 0.3 is 0 Å². The summed E-state index contributed by atoms with van der Waals surface area (Å²) < 4.78 is 27.9. The van der Waals surface area contributed by atoms with Gasteiger partial charge in [0.15, 0.2) is 0 Å². The van der Waals surface area contributed by atoms with Crippen LogP contribution in [0.3, 0.4) is 0 Å². The standard InChI is InChI=1S/C20H18N4O3S2/c25-18(12-21-19-13-6-1-4-10-17(13)29(26,27)23-19)24-11-5-8-15(24)20-22-14-7-2-3-9-16(14)28-20/h1-4,6-7,9-10,15H,5,8,11-12H2,(H,21,23)/t15-/m1/s1. The van der Waals surface area contributed by atoms with Crippen molar-refractivity contribution >= 4 is 43.3 Å². The highest BCUT2D eigenvalue weighted by Gasteiger charge is 2.33. The summed E-state index contributed by atoms with van der Waals surface area (Å²) >= 11 is 1.62. The van der Waals surface area contributed by atoms with Crippen LogP contribution in [0.1, 0.15) is 29.5 Å². The molecule has 5 rings (SSSR count). The SMILES string of the molecule is O=C(CN=C1NS(=O)(=O)c2ccccc21)N1CCC[C@@H]1c1nc2ccccc2s1. The molecule has 2 aliphatic rings. The van der Waals surface area contributed by atoms with E-state index in [1.165, 1.54) is 6.07 Å². The van der Waals surface area contributed by atoms with Crippen LogP contribution >= 0.6 is 11.3 Å². The minimum atomic E-state index is -3.60. The minimum absolute atomic E-state index is 0.0485. The van der Waals surface area contributed by atoms with Crippen LogP contribution in [-0.4, -0.2) is 43.1 Å². The molecule has 0 unspecified atom stereocenters. The van der Waals surface area contributed by atoms with Crippen LogP contribution in [0.4, 0.5) is 0 Å². The largest absolute Gasteiger partial charge is 0.332 e. The molecule has 9 heteroatoms. The number of carbonyl (C=O) groups excluding carboxylic acids is 1. The highest BCUT2D eigenvalue weighted by Crippen LogP contribution is 2.36. The smallest absolute Gasteiger partial charge is 0.263 e. The number of hydrogen-bond donors (Lipinski definition) is 1. The van der Waals surface area contributed by atoms with Crippen molar-refractivity contribution in [3.05, 3.63) is 59.1 Å². The number of benzene rings is 2. The summed E-state index contributed by atoms with van der Waals surface area (Å²) in [7, 11) is -3.60. The monoisotopic (exact) mass is 426 g/mol. The Kier molecular flexibility index (Phi) is 4.36. The molecule has 1 aromatic heterocycles. The van der Waals surface area contributed by atoms with Crippen LogP contribution in [-0.2, 0) is 14.8 Å². The van der Waals surface area contributed by atoms with Gasteiger partial charge in [0, 0.05) is 12.1 Å². The van der Waals surface area contributed by atoms with E-state index in [1.54, 1.807) is 29.5 Å². The van der Waals surface area contributed by atoms with Crippen molar-refractivity contribution in [2.45, 2.75) is 23.8 Å². The molecule has 2 aromatic carbocycles. The van der Waals surface area contributed by atoms with E-state index in [1.807, 2.05) is 29.2 Å². The van der Waals surface area contributed by atoms with Crippen LogP contribution < -0.4 is 4.72 Å². The molecule has 1 N–H and O–H groups in total. The lowest BCUT2D eigenvalue weighted by Crippen LogP contribution is -2.33. The summed E-state index contributed by atoms with van der Waals surface area (Å²) in [4.78, 5) is 23.9. The van der Waals surface area contributed by atoms with Crippen molar-refractivity contribution in [2.24, 2.45) is 4.99 Å². The normalized spacial score (nSPS) is 21.4. The molecule has 7 nitrogen and oxygen atoms in total. The topological polar surface area (TPSA) is 91.7 Å². The molecule has 0 radical (unpaired) electrons. The number of aromatic nitrogens is 1. The summed E-state index contributed by atoms with van der Waals surface area (Å²) in [6.07, 6.45) is 1.79. The van der Waals surface area contributed by atoms with E-state index < -0.39 is 10.0 Å². The molecule has 3 aromatic rings. The Balaban J connectivity index is 1.37. The zero-order valence-electron chi connectivity index (χ0n) is 15.4. The fraction of sp³-hybridized carbons (Fsp3) is 0.250. The lowest BCUT2D eigenvalue weighted by atomic mass is 10.2. The molecule has 1 amide bonds. The fourth-order valence-corrected chi connectivity index (χ4v) is 6.21. The second-order valence-electron chi connectivity index (χ2n) is 7.03. The average Bonchev–Trinajstić information content (AvgIpc) is 3.42. The second-order valence-corrected chi connectivity index (χ2v) is 9.74. The third-order valence-electron chi connectivity index (χ3n) is 5.20. The average molecular weight is 427 g/mol. The molecule has 0 bridgehead atoms. The maximum absolute atomic E-state index is 12.9. The number of hydrogen-bond acceptors (Lipinski definition) is 6. The number of aliphatic imine (C=N–C) groups is 1. The number of amidine groups is 1. The fourth-order valence-electron chi connectivity index (χ4n) is 3.84. The van der Waals surface area contributed by atoms with Gasteiger partial charge in [0.25, 0.3) is 10.0 Å². The number of carbonyl (C=O) groups is 1. The maximum atomic E-state index is 12.9. The van der Waals surface area contributed by atoms with Gasteiger partial charge in [0.1, 0.15) is 17.4 Å². The third kappa shape index (κ3) is 3.20. The highest BCUT2D eigenvalue weighted by atomic mass is 32.2. The highest BCUT2D eigenvalue weighted by molar-refractivity contribution is 7.90. The van der Waals surface area contributed by atoms with E-state index in [0.717, 1.165) is 28.1 Å². The second kappa shape index (κ2) is 6.93. The van der Waals surface area contributed by atoms with Gasteiger partial charge in [-0.05, 0) is 37.1 Å². The molecular formula is C20H18N4O3S2. The summed E-state index contributed by atoms with van der Waals surface area (Å²) in [5.41, 5.74) is 1.45. The number of likely N-dealkylation sites (tertiary alicyclic amines) is 1. The molecule has 1 atom stereocenters. The Morgan fingerprint density at radius 2 is 2.00 bits per heavy atom. The molecule has 0 aliphatic carbocycles. The third-order valence-corrected chi connectivity index (χ3v) is 7.74. The summed E-state index contributed by atoms with van der Waals surface area (Å²) in [6.45, 7) is 0.556.